The topological polar surface area (TPSA) is 38.8 Å². The molecule has 0 spiro atoms. The zero-order chi connectivity index (χ0) is 9.90. The van der Waals surface area contributed by atoms with Crippen LogP contribution in [-0.2, 0) is 14.3 Å². The fraction of sp³-hybridized carbons (Fsp3) is 0.700. The van der Waals surface area contributed by atoms with Gasteiger partial charge in [-0.25, -0.2) is 4.79 Å². The summed E-state index contributed by atoms with van der Waals surface area (Å²) in [5.74, 6) is -0.304. The number of ether oxygens (including phenoxy) is 2. The summed E-state index contributed by atoms with van der Waals surface area (Å²) in [6.07, 6.45) is 2.62. The third-order valence-electron chi connectivity index (χ3n) is 2.30. The molecular weight excluding hydrogens is 168 g/mol. The van der Waals surface area contributed by atoms with Crippen molar-refractivity contribution in [1.82, 2.24) is 0 Å². The summed E-state index contributed by atoms with van der Waals surface area (Å²) < 4.78 is 9.76. The molecule has 0 bridgehead atoms. The highest BCUT2D eigenvalue weighted by Gasteiger charge is 2.38. The van der Waals surface area contributed by atoms with Crippen molar-refractivity contribution in [2.45, 2.75) is 31.8 Å². The monoisotopic (exact) mass is 184 g/mol. The summed E-state index contributed by atoms with van der Waals surface area (Å²) in [6.45, 7) is 6.57. The molecule has 0 aliphatic carbocycles. The van der Waals surface area contributed by atoms with Crippen molar-refractivity contribution >= 4 is 5.97 Å². The molecule has 1 aliphatic rings. The fourth-order valence-corrected chi connectivity index (χ4v) is 1.19. The van der Waals surface area contributed by atoms with Gasteiger partial charge in [-0.3, -0.25) is 0 Å². The quantitative estimate of drug-likeness (QED) is 0.370. The first-order valence-electron chi connectivity index (χ1n) is 4.47. The van der Waals surface area contributed by atoms with E-state index in [0.29, 0.717) is 12.0 Å². The molecule has 3 heteroatoms. The van der Waals surface area contributed by atoms with E-state index in [4.69, 9.17) is 4.74 Å². The Kier molecular flexibility index (Phi) is 3.09. The Morgan fingerprint density at radius 1 is 1.69 bits per heavy atom. The van der Waals surface area contributed by atoms with Crippen molar-refractivity contribution in [2.24, 2.45) is 0 Å². The number of rotatable bonds is 5. The van der Waals surface area contributed by atoms with Gasteiger partial charge < -0.3 is 9.47 Å². The summed E-state index contributed by atoms with van der Waals surface area (Å²) >= 11 is 0. The van der Waals surface area contributed by atoms with Crippen molar-refractivity contribution in [1.29, 1.82) is 0 Å². The first-order chi connectivity index (χ1) is 6.07. The van der Waals surface area contributed by atoms with Gasteiger partial charge in [0.15, 0.2) is 0 Å². The molecule has 13 heavy (non-hydrogen) atoms. The van der Waals surface area contributed by atoms with E-state index >= 15 is 0 Å². The second-order valence-electron chi connectivity index (χ2n) is 3.69. The number of hydrogen-bond acceptors (Lipinski definition) is 3. The number of carbonyl (C=O) groups is 1. The molecule has 1 aliphatic heterocycles. The van der Waals surface area contributed by atoms with Crippen molar-refractivity contribution in [3.63, 3.8) is 0 Å². The van der Waals surface area contributed by atoms with Crippen molar-refractivity contribution in [3.05, 3.63) is 12.2 Å². The minimum atomic E-state index is -0.304. The lowest BCUT2D eigenvalue weighted by Gasteiger charge is -2.05. The van der Waals surface area contributed by atoms with Crippen LogP contribution in [0.4, 0.5) is 0 Å². The molecule has 1 rings (SSSR count). The van der Waals surface area contributed by atoms with Gasteiger partial charge in [0.05, 0.1) is 19.3 Å². The molecule has 1 atom stereocenters. The number of methoxy groups -OCH3 is 1. The minimum Gasteiger partial charge on any atom is -0.466 e. The largest absolute Gasteiger partial charge is 0.466 e. The van der Waals surface area contributed by atoms with Gasteiger partial charge in [0.25, 0.3) is 0 Å². The lowest BCUT2D eigenvalue weighted by molar-refractivity contribution is -0.136. The summed E-state index contributed by atoms with van der Waals surface area (Å²) in [4.78, 5) is 10.9. The van der Waals surface area contributed by atoms with E-state index in [9.17, 15) is 4.79 Å². The molecule has 0 amide bonds. The highest BCUT2D eigenvalue weighted by molar-refractivity contribution is 5.87. The average Bonchev–Trinajstić information content (AvgIpc) is 2.82. The average molecular weight is 184 g/mol. The van der Waals surface area contributed by atoms with Gasteiger partial charge in [-0.05, 0) is 26.2 Å². The van der Waals surface area contributed by atoms with Gasteiger partial charge >= 0.3 is 5.97 Å². The normalized spacial score (nSPS) is 25.4. The van der Waals surface area contributed by atoms with E-state index in [1.165, 1.54) is 7.11 Å². The predicted octanol–water partition coefficient (Wildman–Crippen LogP) is 1.67. The van der Waals surface area contributed by atoms with Crippen molar-refractivity contribution in [3.8, 4) is 0 Å². The number of epoxide rings is 1. The number of esters is 1. The van der Waals surface area contributed by atoms with Crippen molar-refractivity contribution in [2.75, 3.05) is 13.7 Å². The highest BCUT2D eigenvalue weighted by Crippen LogP contribution is 2.32. The minimum absolute atomic E-state index is 0.0798. The van der Waals surface area contributed by atoms with Gasteiger partial charge in [-0.15, -0.1) is 0 Å². The van der Waals surface area contributed by atoms with Crippen LogP contribution in [0.3, 0.4) is 0 Å². The van der Waals surface area contributed by atoms with Crippen LogP contribution in [-0.4, -0.2) is 25.3 Å². The van der Waals surface area contributed by atoms with Gasteiger partial charge in [0.2, 0.25) is 0 Å². The molecule has 0 radical (unpaired) electrons. The molecule has 0 aromatic heterocycles. The maximum atomic E-state index is 10.9. The van der Waals surface area contributed by atoms with Gasteiger partial charge in [-0.2, -0.15) is 0 Å². The van der Waals surface area contributed by atoms with E-state index in [-0.39, 0.29) is 11.6 Å². The zero-order valence-electron chi connectivity index (χ0n) is 8.26. The van der Waals surface area contributed by atoms with Crippen molar-refractivity contribution < 1.29 is 14.3 Å². The first kappa shape index (κ1) is 10.3. The summed E-state index contributed by atoms with van der Waals surface area (Å²) in [7, 11) is 1.37. The molecule has 1 fully saturated rings. The van der Waals surface area contributed by atoms with E-state index in [2.05, 4.69) is 18.2 Å². The maximum Gasteiger partial charge on any atom is 0.333 e. The third-order valence-corrected chi connectivity index (χ3v) is 2.30. The Hall–Kier alpha value is -0.830. The van der Waals surface area contributed by atoms with Crippen LogP contribution < -0.4 is 0 Å². The van der Waals surface area contributed by atoms with Gasteiger partial charge in [-0.1, -0.05) is 6.58 Å². The summed E-state index contributed by atoms with van der Waals surface area (Å²) in [5.41, 5.74) is 0.628. The lowest BCUT2D eigenvalue weighted by Crippen LogP contribution is -2.07. The smallest absolute Gasteiger partial charge is 0.333 e. The molecule has 74 valence electrons. The molecule has 1 saturated heterocycles. The van der Waals surface area contributed by atoms with Crippen LogP contribution in [0.1, 0.15) is 26.2 Å². The first-order valence-corrected chi connectivity index (χ1v) is 4.47. The third kappa shape index (κ3) is 3.19. The molecule has 1 unspecified atom stereocenters. The number of hydrogen-bond donors (Lipinski definition) is 0. The standard InChI is InChI=1S/C10H16O3/c1-8(9(11)12-3)5-4-6-10(2)7-13-10/h1,4-7H2,2-3H3. The van der Waals surface area contributed by atoms with Crippen LogP contribution in [0.15, 0.2) is 12.2 Å². The van der Waals surface area contributed by atoms with Crippen LogP contribution in [0.2, 0.25) is 0 Å². The molecule has 1 heterocycles. The summed E-state index contributed by atoms with van der Waals surface area (Å²) in [6, 6.07) is 0. The molecule has 0 saturated carbocycles. The predicted molar refractivity (Wildman–Crippen MR) is 49.4 cm³/mol. The second-order valence-corrected chi connectivity index (χ2v) is 3.69. The summed E-state index contributed by atoms with van der Waals surface area (Å²) in [5, 5.41) is 0. The molecular formula is C10H16O3. The Bertz CT molecular complexity index is 216. The van der Waals surface area contributed by atoms with E-state index in [1.807, 2.05) is 0 Å². The van der Waals surface area contributed by atoms with E-state index in [1.54, 1.807) is 0 Å². The Balaban J connectivity index is 2.11. The van der Waals surface area contributed by atoms with Crippen LogP contribution in [0.25, 0.3) is 0 Å². The van der Waals surface area contributed by atoms with Gasteiger partial charge in [0.1, 0.15) is 0 Å². The molecule has 3 nitrogen and oxygen atoms in total. The highest BCUT2D eigenvalue weighted by atomic mass is 16.6. The number of carbonyl (C=O) groups excluding carboxylic acids is 1. The van der Waals surface area contributed by atoms with E-state index in [0.717, 1.165) is 19.4 Å². The van der Waals surface area contributed by atoms with Gasteiger partial charge in [0, 0.05) is 5.57 Å². The Morgan fingerprint density at radius 2 is 2.31 bits per heavy atom. The van der Waals surface area contributed by atoms with Crippen LogP contribution >= 0.6 is 0 Å². The van der Waals surface area contributed by atoms with Crippen LogP contribution in [0.5, 0.6) is 0 Å². The SMILES string of the molecule is C=C(CCCC1(C)CO1)C(=O)OC. The molecule has 0 aromatic rings. The Labute approximate surface area is 78.7 Å². The molecule has 0 N–H and O–H groups in total. The zero-order valence-corrected chi connectivity index (χ0v) is 8.26. The lowest BCUT2D eigenvalue weighted by atomic mass is 10.0. The van der Waals surface area contributed by atoms with Crippen LogP contribution in [0, 0.1) is 0 Å². The van der Waals surface area contributed by atoms with E-state index < -0.39 is 0 Å². The fourth-order valence-electron chi connectivity index (χ4n) is 1.19. The second kappa shape index (κ2) is 3.92. The Morgan fingerprint density at radius 3 is 2.77 bits per heavy atom. The maximum absolute atomic E-state index is 10.9. The molecule has 0 aromatic carbocycles.